The zero-order chi connectivity index (χ0) is 46.5. The van der Waals surface area contributed by atoms with Crippen LogP contribution in [0.1, 0.15) is 0 Å². The lowest BCUT2D eigenvalue weighted by molar-refractivity contribution is -0.359. The van der Waals surface area contributed by atoms with E-state index >= 15 is 0 Å². The molecule has 336 valence electrons. The molecule has 0 aliphatic rings. The summed E-state index contributed by atoms with van der Waals surface area (Å²) in [6, 6.07) is -3.37. The molecule has 0 aliphatic heterocycles. The Morgan fingerprint density at radius 2 is 0.509 bits per heavy atom. The molecular weight excluding hydrogens is 969 g/mol. The fourth-order valence-electron chi connectivity index (χ4n) is 3.20. The quantitative estimate of drug-likeness (QED) is 0.151. The number of hydrogen-bond donors (Lipinski definition) is 0. The highest BCUT2D eigenvalue weighted by atomic mass is 32.2. The number of alkyl halides is 27. The standard InChI is InChI=1S/C18H3F27O9S3/c19-7(20,13(28,29)30)10(25,16(37,38)39)55(46,47)52-4-2-1-3-5(53-56(48,49)11(26,17(40,41)42)8(21,22)14(31,32)33)6(4)54-57(50,51)12(27,18(43,44)45)9(23,24)15(34,35)36/h1-3H. The van der Waals surface area contributed by atoms with Crippen molar-refractivity contribution in [2.75, 3.05) is 0 Å². The first-order valence-electron chi connectivity index (χ1n) is 11.8. The molecule has 57 heavy (non-hydrogen) atoms. The second kappa shape index (κ2) is 13.6. The molecule has 0 bridgehead atoms. The van der Waals surface area contributed by atoms with Crippen LogP contribution in [0.2, 0.25) is 0 Å². The monoisotopic (exact) mass is 972 g/mol. The van der Waals surface area contributed by atoms with E-state index in [0.717, 1.165) is 0 Å². The number of para-hydroxylation sites is 1. The van der Waals surface area contributed by atoms with Crippen LogP contribution in [-0.2, 0) is 30.4 Å². The summed E-state index contributed by atoms with van der Waals surface area (Å²) in [4.78, 5) is 0. The smallest absolute Gasteiger partial charge is 0.376 e. The molecule has 1 aromatic rings. The van der Waals surface area contributed by atoms with Crippen LogP contribution in [0.4, 0.5) is 119 Å². The maximum Gasteiger partial charge on any atom is 0.458 e. The molecule has 1 aromatic carbocycles. The van der Waals surface area contributed by atoms with E-state index in [2.05, 4.69) is 12.5 Å². The fourth-order valence-corrected chi connectivity index (χ4v) is 6.81. The van der Waals surface area contributed by atoms with Crippen LogP contribution in [0.15, 0.2) is 18.2 Å². The maximum absolute atomic E-state index is 14.7. The van der Waals surface area contributed by atoms with Gasteiger partial charge >= 0.3 is 100 Å². The predicted molar refractivity (Wildman–Crippen MR) is 118 cm³/mol. The molecule has 3 unspecified atom stereocenters. The van der Waals surface area contributed by atoms with Crippen LogP contribution in [0.3, 0.4) is 0 Å². The molecule has 0 spiro atoms. The average molecular weight is 972 g/mol. The Morgan fingerprint density at radius 3 is 0.684 bits per heavy atom. The Hall–Kier alpha value is -3.42. The van der Waals surface area contributed by atoms with E-state index in [-0.39, 0.29) is 0 Å². The van der Waals surface area contributed by atoms with Crippen molar-refractivity contribution in [1.29, 1.82) is 0 Å². The van der Waals surface area contributed by atoms with E-state index in [0.29, 0.717) is 0 Å². The third kappa shape index (κ3) is 7.54. The van der Waals surface area contributed by atoms with E-state index in [1.807, 2.05) is 0 Å². The van der Waals surface area contributed by atoms with Gasteiger partial charge in [-0.25, -0.2) is 13.2 Å². The fraction of sp³-hybridized carbons (Fsp3) is 0.667. The van der Waals surface area contributed by atoms with Gasteiger partial charge in [0.05, 0.1) is 0 Å². The number of rotatable bonds is 12. The van der Waals surface area contributed by atoms with Crippen LogP contribution in [0.5, 0.6) is 17.2 Å². The summed E-state index contributed by atoms with van der Waals surface area (Å²) in [5, 5.41) is -25.7. The molecular formula is C18H3F27O9S3. The first-order valence-corrected chi connectivity index (χ1v) is 16.0. The Morgan fingerprint density at radius 1 is 0.316 bits per heavy atom. The van der Waals surface area contributed by atoms with Crippen LogP contribution in [0.25, 0.3) is 0 Å². The molecule has 1 rings (SSSR count). The van der Waals surface area contributed by atoms with Crippen LogP contribution in [0, 0.1) is 0 Å². The van der Waals surface area contributed by atoms with Gasteiger partial charge in [-0.05, 0) is 12.1 Å². The Labute approximate surface area is 292 Å². The summed E-state index contributed by atoms with van der Waals surface area (Å²) in [5.74, 6) is -37.6. The molecule has 0 radical (unpaired) electrons. The van der Waals surface area contributed by atoms with E-state index in [1.54, 1.807) is 0 Å². The molecule has 0 fully saturated rings. The van der Waals surface area contributed by atoms with E-state index in [4.69, 9.17) is 0 Å². The van der Waals surface area contributed by atoms with Crippen LogP contribution >= 0.6 is 0 Å². The van der Waals surface area contributed by atoms with Gasteiger partial charge in [-0.1, -0.05) is 6.07 Å². The Bertz CT molecular complexity index is 1910. The molecule has 9 nitrogen and oxygen atoms in total. The van der Waals surface area contributed by atoms with Gasteiger partial charge in [-0.3, -0.25) is 0 Å². The van der Waals surface area contributed by atoms with E-state index in [9.17, 15) is 144 Å². The minimum Gasteiger partial charge on any atom is -0.376 e. The SMILES string of the molecule is O=S(=O)(Oc1cccc(OS(=O)(=O)C(F)(C(F)(F)F)C(F)(F)C(F)(F)F)c1OS(=O)(=O)C(F)(C(F)(F)F)C(F)(F)C(F)(F)F)C(F)(C(F)(F)F)C(F)(F)C(F)(F)F. The van der Waals surface area contributed by atoms with Crippen molar-refractivity contribution in [3.63, 3.8) is 0 Å². The maximum atomic E-state index is 14.7. The second-order valence-corrected chi connectivity index (χ2v) is 14.6. The van der Waals surface area contributed by atoms with Crippen molar-refractivity contribution in [2.45, 2.75) is 69.8 Å². The molecule has 0 aromatic heterocycles. The van der Waals surface area contributed by atoms with Crippen LogP contribution < -0.4 is 12.5 Å². The third-order valence-electron chi connectivity index (χ3n) is 5.94. The topological polar surface area (TPSA) is 130 Å². The van der Waals surface area contributed by atoms with Gasteiger partial charge in [0, 0.05) is 0 Å². The summed E-state index contributed by atoms with van der Waals surface area (Å²) >= 11 is 0. The summed E-state index contributed by atoms with van der Waals surface area (Å²) < 4.78 is 441. The van der Waals surface area contributed by atoms with Crippen molar-refractivity contribution in [1.82, 2.24) is 0 Å². The van der Waals surface area contributed by atoms with Crippen molar-refractivity contribution in [2.24, 2.45) is 0 Å². The first-order chi connectivity index (χ1) is 24.3. The Balaban J connectivity index is 4.68. The zero-order valence-corrected chi connectivity index (χ0v) is 26.8. The van der Waals surface area contributed by atoms with Gasteiger partial charge in [0.15, 0.2) is 11.5 Å². The van der Waals surface area contributed by atoms with Gasteiger partial charge in [0.2, 0.25) is 5.75 Å². The van der Waals surface area contributed by atoms with E-state index < -0.39 is 136 Å². The van der Waals surface area contributed by atoms with Gasteiger partial charge in [0.25, 0.3) is 0 Å². The molecule has 0 saturated heterocycles. The summed E-state index contributed by atoms with van der Waals surface area (Å²) in [6.45, 7) is 0. The molecule has 0 saturated carbocycles. The number of hydrogen-bond acceptors (Lipinski definition) is 9. The average Bonchev–Trinajstić information content (AvgIpc) is 2.92. The number of halogens is 27. The van der Waals surface area contributed by atoms with Crippen molar-refractivity contribution in [3.05, 3.63) is 18.2 Å². The largest absolute Gasteiger partial charge is 0.458 e. The predicted octanol–water partition coefficient (Wildman–Crippen LogP) is 8.09. The highest BCUT2D eigenvalue weighted by molar-refractivity contribution is 7.89. The van der Waals surface area contributed by atoms with Gasteiger partial charge < -0.3 is 12.5 Å². The zero-order valence-electron chi connectivity index (χ0n) is 24.3. The molecule has 0 N–H and O–H groups in total. The van der Waals surface area contributed by atoms with Gasteiger partial charge in [-0.15, -0.1) is 0 Å². The Kier molecular flexibility index (Phi) is 12.3. The highest BCUT2D eigenvalue weighted by Gasteiger charge is 2.91. The third-order valence-corrected chi connectivity index (χ3v) is 10.7. The van der Waals surface area contributed by atoms with Crippen molar-refractivity contribution < 1.29 is 156 Å². The minimum atomic E-state index is -9.36. The highest BCUT2D eigenvalue weighted by Crippen LogP contribution is 2.60. The lowest BCUT2D eigenvalue weighted by atomic mass is 10.2. The number of benzene rings is 1. The van der Waals surface area contributed by atoms with Crippen molar-refractivity contribution in [3.8, 4) is 17.2 Å². The molecule has 0 aliphatic carbocycles. The lowest BCUT2D eigenvalue weighted by Gasteiger charge is -2.35. The summed E-state index contributed by atoms with van der Waals surface area (Å²) in [5.41, 5.74) is 0. The van der Waals surface area contributed by atoms with Gasteiger partial charge in [0.1, 0.15) is 0 Å². The summed E-state index contributed by atoms with van der Waals surface area (Å²) in [7, 11) is -27.6. The van der Waals surface area contributed by atoms with Crippen LogP contribution in [-0.4, -0.2) is 95.1 Å². The first kappa shape index (κ1) is 51.6. The normalized spacial score (nSPS) is 18.6. The molecule has 39 heteroatoms. The molecule has 3 atom stereocenters. The lowest BCUT2D eigenvalue weighted by Crippen LogP contribution is -2.67. The summed E-state index contributed by atoms with van der Waals surface area (Å²) in [6.07, 6.45) is -49.7. The molecule has 0 amide bonds. The van der Waals surface area contributed by atoms with Crippen molar-refractivity contribution >= 4 is 30.4 Å². The van der Waals surface area contributed by atoms with Gasteiger partial charge in [-0.2, -0.15) is 131 Å². The second-order valence-electron chi connectivity index (χ2n) is 9.69. The minimum absolute atomic E-state index is 0.892. The van der Waals surface area contributed by atoms with E-state index in [1.165, 1.54) is 0 Å². The molecule has 0 heterocycles.